The Labute approximate surface area is 187 Å². The van der Waals surface area contributed by atoms with Crippen molar-refractivity contribution in [3.8, 4) is 5.75 Å². The Morgan fingerprint density at radius 1 is 1.25 bits per heavy atom. The van der Waals surface area contributed by atoms with Gasteiger partial charge in [-0.3, -0.25) is 9.79 Å². The molecule has 1 aliphatic heterocycles. The van der Waals surface area contributed by atoms with Gasteiger partial charge in [-0.2, -0.15) is 0 Å². The third kappa shape index (κ3) is 6.66. The van der Waals surface area contributed by atoms with Crippen molar-refractivity contribution >= 4 is 47.2 Å². The van der Waals surface area contributed by atoms with Gasteiger partial charge in [0.2, 0.25) is 5.91 Å². The van der Waals surface area contributed by atoms with Crippen molar-refractivity contribution < 1.29 is 9.53 Å². The summed E-state index contributed by atoms with van der Waals surface area (Å²) in [6.07, 6.45) is 1.80. The van der Waals surface area contributed by atoms with Crippen molar-refractivity contribution in [1.82, 2.24) is 15.5 Å². The number of guanidine groups is 1. The van der Waals surface area contributed by atoms with Gasteiger partial charge in [0.25, 0.3) is 0 Å². The summed E-state index contributed by atoms with van der Waals surface area (Å²) in [6.45, 7) is 3.10. The zero-order chi connectivity index (χ0) is 18.9. The van der Waals surface area contributed by atoms with Crippen LogP contribution >= 0.6 is 35.3 Å². The van der Waals surface area contributed by atoms with Gasteiger partial charge in [0.15, 0.2) is 5.96 Å². The Bertz CT molecular complexity index is 767. The lowest BCUT2D eigenvalue weighted by molar-refractivity contribution is -0.130. The number of amides is 1. The number of hydrogen-bond acceptors (Lipinski definition) is 4. The van der Waals surface area contributed by atoms with Gasteiger partial charge in [0.1, 0.15) is 5.75 Å². The largest absolute Gasteiger partial charge is 0.494 e. The molecule has 152 valence electrons. The fraction of sp³-hybridized carbons (Fsp3) is 0.400. The molecule has 1 aromatic heterocycles. The van der Waals surface area contributed by atoms with Gasteiger partial charge in [-0.05, 0) is 42.0 Å². The molecule has 2 aromatic rings. The molecular weight excluding hydrogens is 487 g/mol. The number of ether oxygens (including phenoxy) is 1. The number of aliphatic imine (C=N–C) groups is 1. The van der Waals surface area contributed by atoms with Gasteiger partial charge >= 0.3 is 0 Å². The average Bonchev–Trinajstić information content (AvgIpc) is 3.18. The number of rotatable bonds is 7. The van der Waals surface area contributed by atoms with E-state index in [1.54, 1.807) is 18.4 Å². The van der Waals surface area contributed by atoms with Gasteiger partial charge in [-0.15, -0.1) is 35.3 Å². The van der Waals surface area contributed by atoms with Crippen LogP contribution in [0.25, 0.3) is 0 Å². The second kappa shape index (κ2) is 11.9. The Morgan fingerprint density at radius 3 is 2.86 bits per heavy atom. The Kier molecular flexibility index (Phi) is 9.56. The third-order valence-corrected chi connectivity index (χ3v) is 5.44. The van der Waals surface area contributed by atoms with Crippen LogP contribution in [0.2, 0.25) is 0 Å². The van der Waals surface area contributed by atoms with E-state index in [4.69, 9.17) is 4.74 Å². The maximum Gasteiger partial charge on any atom is 0.242 e. The number of fused-ring (bicyclic) bond motifs is 1. The molecule has 0 atom stereocenters. The maximum absolute atomic E-state index is 12.4. The van der Waals surface area contributed by atoms with E-state index < -0.39 is 0 Å². The molecule has 0 fully saturated rings. The molecule has 3 rings (SSSR count). The highest BCUT2D eigenvalue weighted by atomic mass is 127. The highest BCUT2D eigenvalue weighted by molar-refractivity contribution is 14.0. The molecule has 0 spiro atoms. The molecule has 1 aliphatic rings. The zero-order valence-electron chi connectivity index (χ0n) is 16.0. The SMILES string of the molecule is CN=C(NCCCOc1ccccc1)NCC(=O)N1CCc2sccc2C1.I. The number of nitrogens with one attached hydrogen (secondary N) is 2. The summed E-state index contributed by atoms with van der Waals surface area (Å²) in [4.78, 5) is 19.9. The van der Waals surface area contributed by atoms with Crippen LogP contribution in [0.3, 0.4) is 0 Å². The van der Waals surface area contributed by atoms with Crippen LogP contribution in [0.5, 0.6) is 5.75 Å². The van der Waals surface area contributed by atoms with Gasteiger partial charge in [-0.1, -0.05) is 18.2 Å². The first-order chi connectivity index (χ1) is 13.3. The minimum Gasteiger partial charge on any atom is -0.494 e. The monoisotopic (exact) mass is 514 g/mol. The van der Waals surface area contributed by atoms with E-state index >= 15 is 0 Å². The lowest BCUT2D eigenvalue weighted by Gasteiger charge is -2.27. The molecule has 2 heterocycles. The number of para-hydroxylation sites is 1. The molecule has 0 saturated heterocycles. The Hall–Kier alpha value is -1.81. The van der Waals surface area contributed by atoms with Gasteiger partial charge < -0.3 is 20.3 Å². The summed E-state index contributed by atoms with van der Waals surface area (Å²) in [5, 5.41) is 8.42. The molecule has 0 unspecified atom stereocenters. The Balaban J connectivity index is 0.00000280. The van der Waals surface area contributed by atoms with Crippen LogP contribution in [0.15, 0.2) is 46.8 Å². The predicted octanol–water partition coefficient (Wildman–Crippen LogP) is 2.88. The third-order valence-electron chi connectivity index (χ3n) is 4.42. The van der Waals surface area contributed by atoms with Crippen LogP contribution < -0.4 is 15.4 Å². The highest BCUT2D eigenvalue weighted by Crippen LogP contribution is 2.23. The van der Waals surface area contributed by atoms with Crippen LogP contribution in [0, 0.1) is 0 Å². The smallest absolute Gasteiger partial charge is 0.242 e. The van der Waals surface area contributed by atoms with Crippen molar-refractivity contribution in [1.29, 1.82) is 0 Å². The summed E-state index contributed by atoms with van der Waals surface area (Å²) < 4.78 is 5.66. The second-order valence-electron chi connectivity index (χ2n) is 6.30. The quantitative estimate of drug-likeness (QED) is 0.258. The molecule has 2 N–H and O–H groups in total. The van der Waals surface area contributed by atoms with E-state index in [9.17, 15) is 4.79 Å². The van der Waals surface area contributed by atoms with Crippen LogP contribution in [-0.4, -0.2) is 50.1 Å². The minimum atomic E-state index is 0. The molecule has 8 heteroatoms. The molecular formula is C20H27IN4O2S. The number of nitrogens with zero attached hydrogens (tertiary/aromatic N) is 2. The number of hydrogen-bond donors (Lipinski definition) is 2. The van der Waals surface area contributed by atoms with Crippen LogP contribution in [0.4, 0.5) is 0 Å². The first-order valence-corrected chi connectivity index (χ1v) is 10.1. The number of carbonyl (C=O) groups excluding carboxylic acids is 1. The highest BCUT2D eigenvalue weighted by Gasteiger charge is 2.21. The molecule has 1 aromatic carbocycles. The molecule has 1 amide bonds. The van der Waals surface area contributed by atoms with E-state index in [1.165, 1.54) is 10.4 Å². The lowest BCUT2D eigenvalue weighted by Crippen LogP contribution is -2.46. The number of halogens is 1. The molecule has 28 heavy (non-hydrogen) atoms. The normalized spacial score (nSPS) is 13.3. The average molecular weight is 514 g/mol. The van der Waals surface area contributed by atoms with E-state index in [2.05, 4.69) is 27.1 Å². The van der Waals surface area contributed by atoms with E-state index in [1.807, 2.05) is 35.2 Å². The number of benzene rings is 1. The van der Waals surface area contributed by atoms with Crippen LogP contribution in [0.1, 0.15) is 16.9 Å². The fourth-order valence-electron chi connectivity index (χ4n) is 2.94. The first-order valence-electron chi connectivity index (χ1n) is 9.21. The summed E-state index contributed by atoms with van der Waals surface area (Å²) >= 11 is 1.78. The summed E-state index contributed by atoms with van der Waals surface area (Å²) in [5.41, 5.74) is 1.28. The summed E-state index contributed by atoms with van der Waals surface area (Å²) in [5.74, 6) is 1.61. The minimum absolute atomic E-state index is 0. The number of thiophene rings is 1. The molecule has 0 radical (unpaired) electrons. The van der Waals surface area contributed by atoms with Gasteiger partial charge in [0, 0.05) is 31.6 Å². The second-order valence-corrected chi connectivity index (χ2v) is 7.30. The topological polar surface area (TPSA) is 66.0 Å². The first kappa shape index (κ1) is 22.5. The van der Waals surface area contributed by atoms with Crippen molar-refractivity contribution in [2.75, 3.05) is 33.3 Å². The molecule has 6 nitrogen and oxygen atoms in total. The van der Waals surface area contributed by atoms with E-state index in [-0.39, 0.29) is 36.4 Å². The van der Waals surface area contributed by atoms with Gasteiger partial charge in [0.05, 0.1) is 13.2 Å². The summed E-state index contributed by atoms with van der Waals surface area (Å²) in [6, 6.07) is 11.9. The van der Waals surface area contributed by atoms with E-state index in [0.29, 0.717) is 19.1 Å². The molecule has 0 saturated carbocycles. The van der Waals surface area contributed by atoms with Crippen molar-refractivity contribution in [2.45, 2.75) is 19.4 Å². The molecule has 0 aliphatic carbocycles. The Morgan fingerprint density at radius 2 is 2.07 bits per heavy atom. The number of carbonyl (C=O) groups is 1. The van der Waals surface area contributed by atoms with Gasteiger partial charge in [-0.25, -0.2) is 0 Å². The standard InChI is InChI=1S/C20H26N4O2S.HI/c1-21-20(22-10-5-12-26-17-6-3-2-4-7-17)23-14-19(25)24-11-8-18-16(15-24)9-13-27-18;/h2-4,6-7,9,13H,5,8,10-12,14-15H2,1H3,(H2,21,22,23);1H. The predicted molar refractivity (Wildman–Crippen MR) is 125 cm³/mol. The van der Waals surface area contributed by atoms with Crippen LogP contribution in [-0.2, 0) is 17.8 Å². The van der Waals surface area contributed by atoms with E-state index in [0.717, 1.165) is 31.7 Å². The fourth-order valence-corrected chi connectivity index (χ4v) is 3.83. The van der Waals surface area contributed by atoms with Crippen molar-refractivity contribution in [2.24, 2.45) is 4.99 Å². The summed E-state index contributed by atoms with van der Waals surface area (Å²) in [7, 11) is 1.71. The van der Waals surface area contributed by atoms with Crippen molar-refractivity contribution in [3.05, 3.63) is 52.2 Å². The maximum atomic E-state index is 12.4. The zero-order valence-corrected chi connectivity index (χ0v) is 19.2. The molecule has 0 bridgehead atoms. The lowest BCUT2D eigenvalue weighted by atomic mass is 10.1. The van der Waals surface area contributed by atoms with Crippen molar-refractivity contribution in [3.63, 3.8) is 0 Å².